The van der Waals surface area contributed by atoms with Gasteiger partial charge in [-0.15, -0.1) is 0 Å². The molecule has 1 heteroatoms. The van der Waals surface area contributed by atoms with Gasteiger partial charge in [-0.2, -0.15) is 0 Å². The molecule has 1 nitrogen and oxygen atoms in total. The smallest absolute Gasteiger partial charge is 0.00683 e. The predicted molar refractivity (Wildman–Crippen MR) is 63.7 cm³/mol. The Balaban J connectivity index is 1.52. The topological polar surface area (TPSA) is 12.0 Å². The van der Waals surface area contributed by atoms with Gasteiger partial charge in [0.2, 0.25) is 0 Å². The molecule has 3 aliphatic rings. The van der Waals surface area contributed by atoms with Crippen LogP contribution in [0.25, 0.3) is 0 Å². The minimum absolute atomic E-state index is 0.791. The van der Waals surface area contributed by atoms with Gasteiger partial charge in [0, 0.05) is 6.04 Å². The molecule has 3 aliphatic carbocycles. The first-order chi connectivity index (χ1) is 7.18. The summed E-state index contributed by atoms with van der Waals surface area (Å²) >= 11 is 0. The molecule has 86 valence electrons. The first-order valence-electron chi connectivity index (χ1n) is 6.91. The maximum atomic E-state index is 3.72. The van der Waals surface area contributed by atoms with E-state index in [1.807, 2.05) is 0 Å². The maximum Gasteiger partial charge on any atom is 0.00683 e. The number of nitrogens with one attached hydrogen (secondary N) is 1. The molecule has 0 aromatic rings. The SMILES string of the molecule is CC1CC(C)CC2(C1)CC2CNC1CC1. The van der Waals surface area contributed by atoms with Crippen molar-refractivity contribution in [2.75, 3.05) is 6.54 Å². The van der Waals surface area contributed by atoms with Crippen molar-refractivity contribution in [2.45, 2.75) is 58.4 Å². The zero-order valence-corrected chi connectivity index (χ0v) is 10.3. The molecule has 0 aromatic heterocycles. The Morgan fingerprint density at radius 1 is 1.07 bits per heavy atom. The van der Waals surface area contributed by atoms with Gasteiger partial charge in [-0.25, -0.2) is 0 Å². The summed E-state index contributed by atoms with van der Waals surface area (Å²) in [5.41, 5.74) is 0.791. The van der Waals surface area contributed by atoms with E-state index < -0.39 is 0 Å². The Morgan fingerprint density at radius 2 is 1.73 bits per heavy atom. The number of hydrogen-bond donors (Lipinski definition) is 1. The summed E-state index contributed by atoms with van der Waals surface area (Å²) in [7, 11) is 0. The average Bonchev–Trinajstić information content (AvgIpc) is 2.98. The van der Waals surface area contributed by atoms with Crippen LogP contribution < -0.4 is 5.32 Å². The second kappa shape index (κ2) is 3.48. The van der Waals surface area contributed by atoms with Gasteiger partial charge in [-0.1, -0.05) is 13.8 Å². The molecule has 15 heavy (non-hydrogen) atoms. The van der Waals surface area contributed by atoms with Crippen molar-refractivity contribution in [3.05, 3.63) is 0 Å². The molecule has 0 radical (unpaired) electrons. The molecule has 0 bridgehead atoms. The fourth-order valence-corrected chi connectivity index (χ4v) is 4.14. The summed E-state index contributed by atoms with van der Waals surface area (Å²) in [4.78, 5) is 0. The molecule has 3 atom stereocenters. The normalized spacial score (nSPS) is 49.6. The van der Waals surface area contributed by atoms with Crippen molar-refractivity contribution in [1.29, 1.82) is 0 Å². The Kier molecular flexibility index (Phi) is 2.35. The van der Waals surface area contributed by atoms with Gasteiger partial charge in [0.25, 0.3) is 0 Å². The molecule has 3 fully saturated rings. The molecule has 0 amide bonds. The van der Waals surface area contributed by atoms with Gasteiger partial charge in [-0.05, 0) is 68.2 Å². The van der Waals surface area contributed by atoms with Crippen LogP contribution >= 0.6 is 0 Å². The van der Waals surface area contributed by atoms with Crippen LogP contribution in [0.15, 0.2) is 0 Å². The van der Waals surface area contributed by atoms with E-state index in [9.17, 15) is 0 Å². The molecule has 0 saturated heterocycles. The van der Waals surface area contributed by atoms with Gasteiger partial charge in [0.15, 0.2) is 0 Å². The second-order valence-corrected chi connectivity index (χ2v) is 6.80. The van der Waals surface area contributed by atoms with Crippen molar-refractivity contribution in [1.82, 2.24) is 5.32 Å². The van der Waals surface area contributed by atoms with Crippen LogP contribution in [0.1, 0.15) is 52.4 Å². The Bertz CT molecular complexity index is 234. The summed E-state index contributed by atoms with van der Waals surface area (Å²) in [5, 5.41) is 3.72. The second-order valence-electron chi connectivity index (χ2n) is 6.80. The van der Waals surface area contributed by atoms with Gasteiger partial charge in [0.1, 0.15) is 0 Å². The quantitative estimate of drug-likeness (QED) is 0.749. The Hall–Kier alpha value is -0.0400. The molecule has 3 saturated carbocycles. The van der Waals surface area contributed by atoms with Gasteiger partial charge in [0.05, 0.1) is 0 Å². The van der Waals surface area contributed by atoms with Crippen LogP contribution in [0, 0.1) is 23.2 Å². The highest BCUT2D eigenvalue weighted by atomic mass is 15.0. The Labute approximate surface area is 94.0 Å². The fraction of sp³-hybridized carbons (Fsp3) is 1.00. The highest BCUT2D eigenvalue weighted by molar-refractivity contribution is 5.06. The number of rotatable bonds is 3. The lowest BCUT2D eigenvalue weighted by atomic mass is 9.73. The van der Waals surface area contributed by atoms with Gasteiger partial charge in [-0.3, -0.25) is 0 Å². The van der Waals surface area contributed by atoms with Crippen LogP contribution in [0.4, 0.5) is 0 Å². The van der Waals surface area contributed by atoms with Gasteiger partial charge >= 0.3 is 0 Å². The summed E-state index contributed by atoms with van der Waals surface area (Å²) < 4.78 is 0. The molecule has 0 heterocycles. The zero-order valence-electron chi connectivity index (χ0n) is 10.3. The maximum absolute atomic E-state index is 3.72. The third-order valence-corrected chi connectivity index (χ3v) is 4.90. The molecular weight excluding hydrogens is 182 g/mol. The van der Waals surface area contributed by atoms with E-state index in [0.717, 1.165) is 29.2 Å². The van der Waals surface area contributed by atoms with Gasteiger partial charge < -0.3 is 5.32 Å². The predicted octanol–water partition coefficient (Wildman–Crippen LogP) is 3.20. The highest BCUT2D eigenvalue weighted by Gasteiger charge is 2.55. The largest absolute Gasteiger partial charge is 0.314 e. The highest BCUT2D eigenvalue weighted by Crippen LogP contribution is 2.63. The summed E-state index contributed by atoms with van der Waals surface area (Å²) in [6.45, 7) is 6.24. The van der Waals surface area contributed by atoms with Crippen LogP contribution in [0.3, 0.4) is 0 Å². The minimum atomic E-state index is 0.791. The molecule has 3 rings (SSSR count). The van der Waals surface area contributed by atoms with E-state index >= 15 is 0 Å². The van der Waals surface area contributed by atoms with E-state index in [4.69, 9.17) is 0 Å². The fourth-order valence-electron chi connectivity index (χ4n) is 4.14. The van der Waals surface area contributed by atoms with Crippen molar-refractivity contribution >= 4 is 0 Å². The number of hydrogen-bond acceptors (Lipinski definition) is 1. The molecule has 1 N–H and O–H groups in total. The van der Waals surface area contributed by atoms with Crippen molar-refractivity contribution in [2.24, 2.45) is 23.2 Å². The molecule has 3 unspecified atom stereocenters. The van der Waals surface area contributed by atoms with Crippen LogP contribution in [-0.2, 0) is 0 Å². The van der Waals surface area contributed by atoms with Crippen LogP contribution in [-0.4, -0.2) is 12.6 Å². The van der Waals surface area contributed by atoms with Crippen LogP contribution in [0.2, 0.25) is 0 Å². The molecule has 1 spiro atoms. The Morgan fingerprint density at radius 3 is 2.33 bits per heavy atom. The molecule has 0 aliphatic heterocycles. The van der Waals surface area contributed by atoms with E-state index in [1.54, 1.807) is 0 Å². The van der Waals surface area contributed by atoms with E-state index in [0.29, 0.717) is 0 Å². The molecule has 0 aromatic carbocycles. The van der Waals surface area contributed by atoms with Crippen molar-refractivity contribution in [3.63, 3.8) is 0 Å². The first kappa shape index (κ1) is 10.1. The van der Waals surface area contributed by atoms with E-state index in [1.165, 1.54) is 45.1 Å². The average molecular weight is 207 g/mol. The lowest BCUT2D eigenvalue weighted by Gasteiger charge is -2.32. The first-order valence-corrected chi connectivity index (χ1v) is 6.91. The van der Waals surface area contributed by atoms with E-state index in [-0.39, 0.29) is 0 Å². The van der Waals surface area contributed by atoms with Crippen molar-refractivity contribution in [3.8, 4) is 0 Å². The third kappa shape index (κ3) is 2.08. The lowest BCUT2D eigenvalue weighted by Crippen LogP contribution is -2.26. The summed E-state index contributed by atoms with van der Waals surface area (Å²) in [5.74, 6) is 3.00. The summed E-state index contributed by atoms with van der Waals surface area (Å²) in [6, 6.07) is 0.904. The lowest BCUT2D eigenvalue weighted by molar-refractivity contribution is 0.184. The monoisotopic (exact) mass is 207 g/mol. The third-order valence-electron chi connectivity index (χ3n) is 4.90. The minimum Gasteiger partial charge on any atom is -0.314 e. The van der Waals surface area contributed by atoms with E-state index in [2.05, 4.69) is 19.2 Å². The zero-order chi connectivity index (χ0) is 10.5. The van der Waals surface area contributed by atoms with Crippen LogP contribution in [0.5, 0.6) is 0 Å². The van der Waals surface area contributed by atoms with Crippen molar-refractivity contribution < 1.29 is 0 Å². The summed E-state index contributed by atoms with van der Waals surface area (Å²) in [6.07, 6.45) is 8.92. The molecular formula is C14H25N. The standard InChI is InChI=1S/C14H25N/c1-10-5-11(2)7-14(6-10)8-12(14)9-15-13-3-4-13/h10-13,15H,3-9H2,1-2H3.